The molecule has 8 heteroatoms. The highest BCUT2D eigenvalue weighted by atomic mass is 35.5. The molecule has 0 aliphatic heterocycles. The molecule has 0 spiro atoms. The second-order valence-electron chi connectivity index (χ2n) is 6.01. The van der Waals surface area contributed by atoms with Crippen LogP contribution in [0, 0.1) is 5.82 Å². The van der Waals surface area contributed by atoms with Gasteiger partial charge in [0, 0.05) is 38.5 Å². The van der Waals surface area contributed by atoms with Crippen LogP contribution in [-0.4, -0.2) is 54.4 Å². The van der Waals surface area contributed by atoms with Crippen molar-refractivity contribution in [3.05, 3.63) is 41.8 Å². The Morgan fingerprint density at radius 3 is 2.85 bits per heavy atom. The van der Waals surface area contributed by atoms with Crippen molar-refractivity contribution in [1.82, 2.24) is 15.1 Å². The molecule has 0 fully saturated rings. The van der Waals surface area contributed by atoms with E-state index in [1.54, 1.807) is 25.1 Å². The molecule has 6 nitrogen and oxygen atoms in total. The maximum Gasteiger partial charge on any atom is 0.224 e. The Hall–Kier alpha value is -1.96. The van der Waals surface area contributed by atoms with Crippen LogP contribution in [0.2, 0.25) is 0 Å². The van der Waals surface area contributed by atoms with Gasteiger partial charge in [-0.2, -0.15) is 5.10 Å². The van der Waals surface area contributed by atoms with Gasteiger partial charge in [-0.15, -0.1) is 12.4 Å². The Morgan fingerprint density at radius 2 is 2.19 bits per heavy atom. The Labute approximate surface area is 159 Å². The Morgan fingerprint density at radius 1 is 1.42 bits per heavy atom. The fraction of sp³-hybridized carbons (Fsp3) is 0.444. The van der Waals surface area contributed by atoms with E-state index in [-0.39, 0.29) is 36.7 Å². The zero-order valence-corrected chi connectivity index (χ0v) is 15.9. The lowest BCUT2D eigenvalue weighted by molar-refractivity contribution is -0.132. The number of amides is 1. The van der Waals surface area contributed by atoms with Crippen LogP contribution in [0.4, 0.5) is 4.39 Å². The van der Waals surface area contributed by atoms with E-state index < -0.39 is 0 Å². The number of benzene rings is 1. The van der Waals surface area contributed by atoms with E-state index in [9.17, 15) is 9.18 Å². The molecule has 1 aromatic heterocycles. The lowest BCUT2D eigenvalue weighted by atomic mass is 10.1. The molecule has 0 aliphatic rings. The van der Waals surface area contributed by atoms with Gasteiger partial charge in [0.2, 0.25) is 5.91 Å². The average Bonchev–Trinajstić information content (AvgIpc) is 3.08. The number of aromatic nitrogens is 2. The van der Waals surface area contributed by atoms with E-state index in [1.807, 2.05) is 12.1 Å². The molecular formula is C18H26ClFN4O2. The van der Waals surface area contributed by atoms with Crippen molar-refractivity contribution in [2.75, 3.05) is 27.2 Å². The van der Waals surface area contributed by atoms with Gasteiger partial charge < -0.3 is 15.4 Å². The van der Waals surface area contributed by atoms with Crippen molar-refractivity contribution in [3.8, 4) is 11.3 Å². The van der Waals surface area contributed by atoms with Crippen molar-refractivity contribution in [3.63, 3.8) is 0 Å². The summed E-state index contributed by atoms with van der Waals surface area (Å²) in [5.74, 6) is -0.267. The van der Waals surface area contributed by atoms with Crippen LogP contribution in [0.15, 0.2) is 30.3 Å². The Kier molecular flexibility index (Phi) is 9.26. The molecule has 144 valence electrons. The first-order chi connectivity index (χ1) is 12.0. The quantitative estimate of drug-likeness (QED) is 0.695. The zero-order chi connectivity index (χ0) is 18.2. The standard InChI is InChI=1S/C18H25FN4O2.ClH/c1-23(18(24)11-16(12-20)25-2)8-4-7-15-10-17(22-21-15)13-5-3-6-14(19)9-13;/h3,5-6,9-10,16H,4,7-8,11-12,20H2,1-2H3,(H,21,22);1H. The molecule has 1 aromatic carbocycles. The minimum atomic E-state index is -0.283. The van der Waals surface area contributed by atoms with E-state index in [2.05, 4.69) is 10.2 Å². The van der Waals surface area contributed by atoms with Crippen LogP contribution in [-0.2, 0) is 16.0 Å². The second-order valence-corrected chi connectivity index (χ2v) is 6.01. The van der Waals surface area contributed by atoms with Crippen LogP contribution >= 0.6 is 12.4 Å². The summed E-state index contributed by atoms with van der Waals surface area (Å²) >= 11 is 0. The SMILES string of the molecule is COC(CN)CC(=O)N(C)CCCc1cc(-c2cccc(F)c2)n[nH]1.Cl. The van der Waals surface area contributed by atoms with Gasteiger partial charge in [-0.3, -0.25) is 9.89 Å². The number of rotatable bonds is 9. The number of hydrogen-bond donors (Lipinski definition) is 2. The monoisotopic (exact) mass is 384 g/mol. The lowest BCUT2D eigenvalue weighted by Gasteiger charge is -2.20. The fourth-order valence-electron chi connectivity index (χ4n) is 2.53. The smallest absolute Gasteiger partial charge is 0.224 e. The largest absolute Gasteiger partial charge is 0.380 e. The van der Waals surface area contributed by atoms with Gasteiger partial charge >= 0.3 is 0 Å². The number of aryl methyl sites for hydroxylation is 1. The Balaban J connectivity index is 0.00000338. The van der Waals surface area contributed by atoms with E-state index in [0.717, 1.165) is 24.1 Å². The number of carbonyl (C=O) groups is 1. The average molecular weight is 385 g/mol. The molecule has 0 aliphatic carbocycles. The molecule has 1 atom stereocenters. The number of methoxy groups -OCH3 is 1. The van der Waals surface area contributed by atoms with Crippen molar-refractivity contribution in [2.24, 2.45) is 5.73 Å². The highest BCUT2D eigenvalue weighted by molar-refractivity contribution is 5.85. The third kappa shape index (κ3) is 6.40. The highest BCUT2D eigenvalue weighted by Gasteiger charge is 2.15. The van der Waals surface area contributed by atoms with Crippen molar-refractivity contribution < 1.29 is 13.9 Å². The summed E-state index contributed by atoms with van der Waals surface area (Å²) in [7, 11) is 3.33. The van der Waals surface area contributed by atoms with Gasteiger partial charge in [-0.25, -0.2) is 4.39 Å². The second kappa shape index (κ2) is 10.9. The van der Waals surface area contributed by atoms with Crippen molar-refractivity contribution in [1.29, 1.82) is 0 Å². The summed E-state index contributed by atoms with van der Waals surface area (Å²) < 4.78 is 18.4. The fourth-order valence-corrected chi connectivity index (χ4v) is 2.53. The molecule has 1 unspecified atom stereocenters. The number of nitrogens with zero attached hydrogens (tertiary/aromatic N) is 2. The van der Waals surface area contributed by atoms with Crippen LogP contribution in [0.25, 0.3) is 11.3 Å². The number of hydrogen-bond acceptors (Lipinski definition) is 4. The maximum absolute atomic E-state index is 13.3. The van der Waals surface area contributed by atoms with Gasteiger partial charge in [-0.1, -0.05) is 12.1 Å². The van der Waals surface area contributed by atoms with Crippen molar-refractivity contribution in [2.45, 2.75) is 25.4 Å². The van der Waals surface area contributed by atoms with E-state index >= 15 is 0 Å². The third-order valence-corrected chi connectivity index (χ3v) is 4.12. The van der Waals surface area contributed by atoms with Gasteiger partial charge in [-0.05, 0) is 31.0 Å². The molecular weight excluding hydrogens is 359 g/mol. The summed E-state index contributed by atoms with van der Waals surface area (Å²) in [5, 5.41) is 7.18. The summed E-state index contributed by atoms with van der Waals surface area (Å²) in [5.41, 5.74) is 7.94. The minimum absolute atomic E-state index is 0. The molecule has 2 aromatic rings. The van der Waals surface area contributed by atoms with E-state index in [0.29, 0.717) is 18.8 Å². The van der Waals surface area contributed by atoms with E-state index in [4.69, 9.17) is 10.5 Å². The number of carbonyl (C=O) groups excluding carboxylic acids is 1. The number of aromatic amines is 1. The van der Waals surface area contributed by atoms with E-state index in [1.165, 1.54) is 12.1 Å². The summed E-state index contributed by atoms with van der Waals surface area (Å²) in [6.07, 6.45) is 1.60. The molecule has 1 heterocycles. The lowest BCUT2D eigenvalue weighted by Crippen LogP contribution is -2.34. The van der Waals surface area contributed by atoms with Gasteiger partial charge in [0.25, 0.3) is 0 Å². The van der Waals surface area contributed by atoms with Crippen LogP contribution in [0.3, 0.4) is 0 Å². The zero-order valence-electron chi connectivity index (χ0n) is 15.1. The number of nitrogens with one attached hydrogen (secondary N) is 1. The topological polar surface area (TPSA) is 84.2 Å². The van der Waals surface area contributed by atoms with Crippen LogP contribution < -0.4 is 5.73 Å². The third-order valence-electron chi connectivity index (χ3n) is 4.12. The Bertz CT molecular complexity index is 691. The van der Waals surface area contributed by atoms with Gasteiger partial charge in [0.15, 0.2) is 0 Å². The molecule has 3 N–H and O–H groups in total. The summed E-state index contributed by atoms with van der Waals surface area (Å²) in [4.78, 5) is 13.8. The predicted molar refractivity (Wildman–Crippen MR) is 102 cm³/mol. The molecule has 0 radical (unpaired) electrons. The number of ether oxygens (including phenoxy) is 1. The molecule has 0 saturated heterocycles. The first kappa shape index (κ1) is 22.1. The first-order valence-electron chi connectivity index (χ1n) is 8.30. The summed E-state index contributed by atoms with van der Waals surface area (Å²) in [6.45, 7) is 0.960. The molecule has 0 saturated carbocycles. The van der Waals surface area contributed by atoms with Crippen LogP contribution in [0.1, 0.15) is 18.5 Å². The highest BCUT2D eigenvalue weighted by Crippen LogP contribution is 2.19. The predicted octanol–water partition coefficient (Wildman–Crippen LogP) is 2.39. The minimum Gasteiger partial charge on any atom is -0.380 e. The molecule has 1 amide bonds. The molecule has 26 heavy (non-hydrogen) atoms. The molecule has 2 rings (SSSR count). The first-order valence-corrected chi connectivity index (χ1v) is 8.30. The number of halogens is 2. The van der Waals surface area contributed by atoms with Gasteiger partial charge in [0.1, 0.15) is 5.82 Å². The molecule has 0 bridgehead atoms. The van der Waals surface area contributed by atoms with Crippen molar-refractivity contribution >= 4 is 18.3 Å². The number of H-pyrrole nitrogens is 1. The normalized spacial score (nSPS) is 11.7. The summed E-state index contributed by atoms with van der Waals surface area (Å²) in [6, 6.07) is 8.25. The number of nitrogens with two attached hydrogens (primary N) is 1. The maximum atomic E-state index is 13.3. The van der Waals surface area contributed by atoms with Crippen LogP contribution in [0.5, 0.6) is 0 Å². The van der Waals surface area contributed by atoms with Gasteiger partial charge in [0.05, 0.1) is 18.2 Å².